The quantitative estimate of drug-likeness (QED) is 0.0734. The third-order valence-corrected chi connectivity index (χ3v) is 5.44. The van der Waals surface area contributed by atoms with Crippen molar-refractivity contribution in [2.24, 2.45) is 31.9 Å². The topological polar surface area (TPSA) is 226 Å². The fourth-order valence-corrected chi connectivity index (χ4v) is 3.75. The summed E-state index contributed by atoms with van der Waals surface area (Å²) >= 11 is 0. The molecule has 0 saturated carbocycles. The van der Waals surface area contributed by atoms with E-state index in [0.717, 1.165) is 0 Å². The highest BCUT2D eigenvalue weighted by molar-refractivity contribution is 6.21. The Labute approximate surface area is 205 Å². The minimum atomic E-state index is -1.63. The Morgan fingerprint density at radius 2 is 1.17 bits per heavy atom. The molecule has 15 nitrogen and oxygen atoms in total. The molecule has 0 aromatic rings. The summed E-state index contributed by atoms with van der Waals surface area (Å²) in [6.45, 7) is 10.1. The molecule has 8 amide bonds. The van der Waals surface area contributed by atoms with Gasteiger partial charge in [0.25, 0.3) is 0 Å². The number of guanidine groups is 1. The third kappa shape index (κ3) is 5.86. The second-order valence-electron chi connectivity index (χ2n) is 8.26. The lowest BCUT2D eigenvalue weighted by molar-refractivity contribution is -0.145. The summed E-state index contributed by atoms with van der Waals surface area (Å²) < 4.78 is 0. The summed E-state index contributed by atoms with van der Waals surface area (Å²) in [6, 6.07) is -1.82. The first-order valence-electron chi connectivity index (χ1n) is 10.6. The molecule has 2 fully saturated rings. The highest BCUT2D eigenvalue weighted by Gasteiger charge is 2.50. The molecule has 2 aliphatic heterocycles. The molecule has 0 unspecified atom stereocenters. The molecule has 0 radical (unpaired) electrons. The summed E-state index contributed by atoms with van der Waals surface area (Å²) in [6.07, 6.45) is 2.34. The highest BCUT2D eigenvalue weighted by Crippen LogP contribution is 2.31. The van der Waals surface area contributed by atoms with Crippen molar-refractivity contribution in [1.29, 1.82) is 0 Å². The van der Waals surface area contributed by atoms with Crippen molar-refractivity contribution < 1.29 is 28.8 Å². The van der Waals surface area contributed by atoms with E-state index in [1.165, 1.54) is 26.0 Å². The standard InChI is InChI=1S/C21H27N9O6/c1-5-7-20(13(31)23-18(35)24-14(20)32)9-11(3)27-29-17(22)30-28-12(4)10-21(8-6-2)15(33)25-19(36)26-16(21)34/h5-6H,1-2,7-10H2,3-4H3,(H3,22,29,30)(H2,23,24,31,32,35)(H2,25,26,33,34,36). The van der Waals surface area contributed by atoms with E-state index >= 15 is 0 Å². The lowest BCUT2D eigenvalue weighted by Crippen LogP contribution is -2.62. The number of amides is 8. The lowest BCUT2D eigenvalue weighted by atomic mass is 9.76. The highest BCUT2D eigenvalue weighted by atomic mass is 16.2. The average molecular weight is 502 g/mol. The first-order valence-corrected chi connectivity index (χ1v) is 10.6. The minimum Gasteiger partial charge on any atom is -0.367 e. The predicted octanol–water partition coefficient (Wildman–Crippen LogP) is -0.720. The molecule has 0 bridgehead atoms. The van der Waals surface area contributed by atoms with Gasteiger partial charge in [0, 0.05) is 24.3 Å². The van der Waals surface area contributed by atoms with Gasteiger partial charge in [-0.05, 0) is 26.7 Å². The van der Waals surface area contributed by atoms with Gasteiger partial charge in [-0.25, -0.2) is 15.0 Å². The molecule has 7 N–H and O–H groups in total. The van der Waals surface area contributed by atoms with Gasteiger partial charge < -0.3 is 5.73 Å². The molecule has 0 aromatic heterocycles. The Morgan fingerprint density at radius 1 is 0.778 bits per heavy atom. The number of rotatable bonds is 10. The molecule has 0 aromatic carbocycles. The second-order valence-corrected chi connectivity index (χ2v) is 8.26. The van der Waals surface area contributed by atoms with Gasteiger partial charge in [-0.15, -0.1) is 18.3 Å². The zero-order valence-electron chi connectivity index (χ0n) is 19.8. The SMILES string of the molecule is C=CCC1(CC(C)=NN=C(N)NN=C(C)CC2(CC=C)C(=O)NC(=O)NC2=O)C(=O)NC(=O)NC1=O. The van der Waals surface area contributed by atoms with E-state index < -0.39 is 46.5 Å². The molecule has 2 aliphatic rings. The smallest absolute Gasteiger partial charge is 0.328 e. The Bertz CT molecular complexity index is 1080. The number of nitrogens with one attached hydrogen (secondary N) is 5. The number of carbonyl (C=O) groups is 6. The predicted molar refractivity (Wildman–Crippen MR) is 128 cm³/mol. The first kappa shape index (κ1) is 27.6. The van der Waals surface area contributed by atoms with E-state index in [1.54, 1.807) is 0 Å². The second kappa shape index (κ2) is 11.2. The van der Waals surface area contributed by atoms with Crippen molar-refractivity contribution in [2.75, 3.05) is 0 Å². The molecule has 2 rings (SSSR count). The van der Waals surface area contributed by atoms with Gasteiger partial charge >= 0.3 is 12.1 Å². The van der Waals surface area contributed by atoms with Crippen LogP contribution in [0.3, 0.4) is 0 Å². The van der Waals surface area contributed by atoms with E-state index in [1.807, 2.05) is 0 Å². The monoisotopic (exact) mass is 501 g/mol. The van der Waals surface area contributed by atoms with Crippen LogP contribution in [0.15, 0.2) is 40.6 Å². The van der Waals surface area contributed by atoms with Crippen molar-refractivity contribution in [3.8, 4) is 0 Å². The maximum atomic E-state index is 12.4. The van der Waals surface area contributed by atoms with Gasteiger partial charge in [0.15, 0.2) is 0 Å². The summed E-state index contributed by atoms with van der Waals surface area (Å²) in [5.41, 5.74) is 5.45. The summed E-state index contributed by atoms with van der Waals surface area (Å²) in [7, 11) is 0. The number of nitrogens with two attached hydrogens (primary N) is 1. The average Bonchev–Trinajstić information content (AvgIpc) is 2.78. The van der Waals surface area contributed by atoms with Crippen LogP contribution in [0.5, 0.6) is 0 Å². The normalized spacial score (nSPS) is 20.1. The van der Waals surface area contributed by atoms with E-state index in [0.29, 0.717) is 0 Å². The summed E-state index contributed by atoms with van der Waals surface area (Å²) in [5.74, 6) is -3.40. The molecule has 0 atom stereocenters. The van der Waals surface area contributed by atoms with Crippen molar-refractivity contribution in [1.82, 2.24) is 26.7 Å². The number of allylic oxidation sites excluding steroid dienone is 2. The molecule has 192 valence electrons. The zero-order valence-corrected chi connectivity index (χ0v) is 19.8. The third-order valence-electron chi connectivity index (χ3n) is 5.44. The van der Waals surface area contributed by atoms with E-state index in [4.69, 9.17) is 5.73 Å². The number of hydrogen-bond acceptors (Lipinski definition) is 9. The van der Waals surface area contributed by atoms with Gasteiger partial charge in [0.05, 0.1) is 0 Å². The molecule has 36 heavy (non-hydrogen) atoms. The van der Waals surface area contributed by atoms with E-state index in [9.17, 15) is 28.8 Å². The number of hydrogen-bond donors (Lipinski definition) is 6. The fourth-order valence-electron chi connectivity index (χ4n) is 3.75. The van der Waals surface area contributed by atoms with Crippen molar-refractivity contribution in [2.45, 2.75) is 39.5 Å². The van der Waals surface area contributed by atoms with Crippen LogP contribution in [0.2, 0.25) is 0 Å². The zero-order chi connectivity index (χ0) is 27.1. The van der Waals surface area contributed by atoms with Crippen LogP contribution in [0.4, 0.5) is 9.59 Å². The van der Waals surface area contributed by atoms with Crippen LogP contribution in [-0.2, 0) is 19.2 Å². The van der Waals surface area contributed by atoms with Crippen LogP contribution < -0.4 is 32.4 Å². The Balaban J connectivity index is 2.13. The van der Waals surface area contributed by atoms with Gasteiger partial charge in [0.2, 0.25) is 29.6 Å². The first-order chi connectivity index (χ1) is 16.9. The van der Waals surface area contributed by atoms with Crippen molar-refractivity contribution in [3.63, 3.8) is 0 Å². The Hall–Kier alpha value is -4.69. The lowest BCUT2D eigenvalue weighted by Gasteiger charge is -2.32. The van der Waals surface area contributed by atoms with E-state index in [2.05, 4.69) is 55.2 Å². The largest absolute Gasteiger partial charge is 0.367 e. The molecule has 15 heteroatoms. The number of barbiturate groups is 2. The van der Waals surface area contributed by atoms with Crippen LogP contribution in [0.25, 0.3) is 0 Å². The number of carbonyl (C=O) groups excluding carboxylic acids is 6. The van der Waals surface area contributed by atoms with E-state index in [-0.39, 0.29) is 43.1 Å². The molecular formula is C21H27N9O6. The molecule has 0 spiro atoms. The van der Waals surface area contributed by atoms with Gasteiger partial charge in [-0.2, -0.15) is 10.2 Å². The maximum absolute atomic E-state index is 12.4. The van der Waals surface area contributed by atoms with Crippen LogP contribution in [0, 0.1) is 10.8 Å². The summed E-state index contributed by atoms with van der Waals surface area (Å²) in [4.78, 5) is 72.4. The number of imide groups is 4. The van der Waals surface area contributed by atoms with Gasteiger partial charge in [-0.3, -0.25) is 40.4 Å². The van der Waals surface area contributed by atoms with Crippen LogP contribution >= 0.6 is 0 Å². The van der Waals surface area contributed by atoms with Crippen LogP contribution in [0.1, 0.15) is 39.5 Å². The van der Waals surface area contributed by atoms with Gasteiger partial charge in [0.1, 0.15) is 10.8 Å². The minimum absolute atomic E-state index is 0.0446. The molecular weight excluding hydrogens is 474 g/mol. The number of urea groups is 2. The van der Waals surface area contributed by atoms with Crippen LogP contribution in [-0.4, -0.2) is 53.1 Å². The van der Waals surface area contributed by atoms with Gasteiger partial charge in [-0.1, -0.05) is 12.2 Å². The fraction of sp³-hybridized carbons (Fsp3) is 0.381. The Kier molecular flexibility index (Phi) is 8.54. The molecule has 2 saturated heterocycles. The molecule has 0 aliphatic carbocycles. The number of nitrogens with zero attached hydrogens (tertiary/aromatic N) is 3. The molecule has 2 heterocycles. The Morgan fingerprint density at radius 3 is 1.56 bits per heavy atom. The summed E-state index contributed by atoms with van der Waals surface area (Å²) in [5, 5.41) is 19.9. The number of hydrazone groups is 1. The van der Waals surface area contributed by atoms with Crippen molar-refractivity contribution in [3.05, 3.63) is 25.3 Å². The maximum Gasteiger partial charge on any atom is 0.328 e. The van der Waals surface area contributed by atoms with Crippen molar-refractivity contribution >= 4 is 53.1 Å².